The zero-order chi connectivity index (χ0) is 24.3. The van der Waals surface area contributed by atoms with E-state index in [9.17, 15) is 22.8 Å². The fourth-order valence-corrected chi connectivity index (χ4v) is 4.07. The van der Waals surface area contributed by atoms with Gasteiger partial charge in [-0.1, -0.05) is 18.2 Å². The Bertz CT molecular complexity index is 1340. The van der Waals surface area contributed by atoms with Gasteiger partial charge < -0.3 is 20.4 Å². The maximum atomic E-state index is 13.3. The van der Waals surface area contributed by atoms with Crippen LogP contribution in [0.1, 0.15) is 37.0 Å². The molecule has 7 nitrogen and oxygen atoms in total. The summed E-state index contributed by atoms with van der Waals surface area (Å²) in [7, 11) is 1.49. The summed E-state index contributed by atoms with van der Waals surface area (Å²) in [6.45, 7) is 0.453. The average Bonchev–Trinajstić information content (AvgIpc) is 3.46. The predicted octanol–water partition coefficient (Wildman–Crippen LogP) is 5.39. The zero-order valence-corrected chi connectivity index (χ0v) is 19.9. The number of fused-ring (bicyclic) bond motifs is 1. The molecule has 2 aromatic carbocycles. The smallest absolute Gasteiger partial charge is 0.377 e. The second-order valence-electron chi connectivity index (χ2n) is 7.30. The van der Waals surface area contributed by atoms with E-state index in [1.165, 1.54) is 42.7 Å². The Morgan fingerprint density at radius 3 is 2.54 bits per heavy atom. The molecule has 35 heavy (non-hydrogen) atoms. The number of H-pyrrole nitrogens is 1. The largest absolute Gasteiger partial charge is 0.417 e. The number of anilines is 1. The maximum absolute atomic E-state index is 13.3. The number of rotatable bonds is 7. The molecule has 4 rings (SSSR count). The number of hydrogen-bond acceptors (Lipinski definition) is 5. The molecule has 2 heterocycles. The molecule has 2 aromatic heterocycles. The number of imidazole rings is 1. The Morgan fingerprint density at radius 2 is 1.86 bits per heavy atom. The summed E-state index contributed by atoms with van der Waals surface area (Å²) in [6.07, 6.45) is -4.69. The minimum Gasteiger partial charge on any atom is -0.377 e. The molecule has 4 aromatic rings. The minimum absolute atomic E-state index is 0. The summed E-state index contributed by atoms with van der Waals surface area (Å²) >= 11 is 1.48. The van der Waals surface area contributed by atoms with Crippen LogP contribution in [0.4, 0.5) is 18.9 Å². The van der Waals surface area contributed by atoms with Crippen LogP contribution in [0.25, 0.3) is 11.0 Å². The number of aromatic amines is 1. The number of nitrogens with zero attached hydrogens (tertiary/aromatic N) is 1. The van der Waals surface area contributed by atoms with Gasteiger partial charge in [0.2, 0.25) is 0 Å². The molecule has 0 fully saturated rings. The van der Waals surface area contributed by atoms with Crippen LogP contribution in [-0.2, 0) is 24.1 Å². The van der Waals surface area contributed by atoms with Gasteiger partial charge in [0, 0.05) is 17.7 Å². The number of ether oxygens (including phenoxy) is 1. The minimum atomic E-state index is -4.69. The maximum Gasteiger partial charge on any atom is 0.417 e. The van der Waals surface area contributed by atoms with Crippen molar-refractivity contribution in [2.45, 2.75) is 19.3 Å². The van der Waals surface area contributed by atoms with Crippen molar-refractivity contribution in [2.75, 3.05) is 12.4 Å². The SMILES string of the molecule is COCc1nc2c(C(=O)NCc3cccs3)cc(NC(=O)c3ccccc3C(F)(F)F)cc2[nH]1.Cl. The van der Waals surface area contributed by atoms with E-state index >= 15 is 0 Å². The highest BCUT2D eigenvalue weighted by atomic mass is 35.5. The highest BCUT2D eigenvalue weighted by molar-refractivity contribution is 7.09. The van der Waals surface area contributed by atoms with Gasteiger partial charge in [0.1, 0.15) is 17.9 Å². The lowest BCUT2D eigenvalue weighted by Gasteiger charge is -2.13. The molecule has 0 aliphatic carbocycles. The molecule has 3 N–H and O–H groups in total. The van der Waals surface area contributed by atoms with E-state index in [-0.39, 0.29) is 30.3 Å². The molecule has 0 saturated carbocycles. The van der Waals surface area contributed by atoms with Gasteiger partial charge >= 0.3 is 6.18 Å². The number of amides is 2. The van der Waals surface area contributed by atoms with E-state index in [0.29, 0.717) is 23.4 Å². The van der Waals surface area contributed by atoms with E-state index in [1.54, 1.807) is 0 Å². The lowest BCUT2D eigenvalue weighted by atomic mass is 10.1. The average molecular weight is 525 g/mol. The molecule has 0 aliphatic heterocycles. The molecule has 12 heteroatoms. The lowest BCUT2D eigenvalue weighted by Crippen LogP contribution is -2.23. The summed E-state index contributed by atoms with van der Waals surface area (Å²) in [5.74, 6) is -0.940. The van der Waals surface area contributed by atoms with Gasteiger partial charge in [-0.2, -0.15) is 13.2 Å². The first kappa shape index (κ1) is 26.2. The predicted molar refractivity (Wildman–Crippen MR) is 129 cm³/mol. The van der Waals surface area contributed by atoms with E-state index in [0.717, 1.165) is 17.0 Å². The van der Waals surface area contributed by atoms with Crippen LogP contribution in [0.15, 0.2) is 53.9 Å². The van der Waals surface area contributed by atoms with Crippen molar-refractivity contribution >= 4 is 52.3 Å². The number of benzene rings is 2. The normalized spacial score (nSPS) is 11.2. The van der Waals surface area contributed by atoms with Crippen molar-refractivity contribution in [3.8, 4) is 0 Å². The van der Waals surface area contributed by atoms with Crippen LogP contribution in [0.3, 0.4) is 0 Å². The number of hydrogen-bond donors (Lipinski definition) is 3. The third-order valence-corrected chi connectivity index (χ3v) is 5.78. The summed E-state index contributed by atoms with van der Waals surface area (Å²) in [5.41, 5.74) is -0.495. The van der Waals surface area contributed by atoms with Crippen molar-refractivity contribution in [3.05, 3.63) is 81.3 Å². The molecule has 184 valence electrons. The van der Waals surface area contributed by atoms with Crippen molar-refractivity contribution < 1.29 is 27.5 Å². The number of carbonyl (C=O) groups is 2. The Balaban J connectivity index is 0.00000342. The number of aromatic nitrogens is 2. The van der Waals surface area contributed by atoms with Crippen LogP contribution in [0, 0.1) is 0 Å². The van der Waals surface area contributed by atoms with Crippen LogP contribution in [-0.4, -0.2) is 28.9 Å². The number of thiophene rings is 1. The summed E-state index contributed by atoms with van der Waals surface area (Å²) in [5, 5.41) is 7.16. The van der Waals surface area contributed by atoms with Gasteiger partial charge in [-0.25, -0.2) is 4.98 Å². The fraction of sp³-hybridized carbons (Fsp3) is 0.174. The van der Waals surface area contributed by atoms with E-state index in [2.05, 4.69) is 20.6 Å². The van der Waals surface area contributed by atoms with Crippen molar-refractivity contribution in [1.82, 2.24) is 15.3 Å². The summed E-state index contributed by atoms with van der Waals surface area (Å²) in [6, 6.07) is 11.1. The van der Waals surface area contributed by atoms with Crippen molar-refractivity contribution in [3.63, 3.8) is 0 Å². The number of alkyl halides is 3. The van der Waals surface area contributed by atoms with Gasteiger partial charge in [0.25, 0.3) is 11.8 Å². The number of carbonyl (C=O) groups excluding carboxylic acids is 2. The van der Waals surface area contributed by atoms with Gasteiger partial charge in [0.15, 0.2) is 0 Å². The van der Waals surface area contributed by atoms with E-state index < -0.39 is 29.1 Å². The molecule has 0 unspecified atom stereocenters. The fourth-order valence-electron chi connectivity index (χ4n) is 3.42. The second-order valence-corrected chi connectivity index (χ2v) is 8.33. The molecular weight excluding hydrogens is 505 g/mol. The molecule has 0 radical (unpaired) electrons. The van der Waals surface area contributed by atoms with Crippen LogP contribution >= 0.6 is 23.7 Å². The van der Waals surface area contributed by atoms with Crippen LogP contribution in [0.2, 0.25) is 0 Å². The first-order chi connectivity index (χ1) is 16.3. The zero-order valence-electron chi connectivity index (χ0n) is 18.2. The Kier molecular flexibility index (Phi) is 8.15. The van der Waals surface area contributed by atoms with Gasteiger partial charge in [-0.05, 0) is 35.7 Å². The van der Waals surface area contributed by atoms with E-state index in [4.69, 9.17) is 4.74 Å². The van der Waals surface area contributed by atoms with Gasteiger partial charge in [0.05, 0.1) is 28.8 Å². The number of halogens is 4. The Hall–Kier alpha value is -3.41. The third-order valence-electron chi connectivity index (χ3n) is 4.90. The standard InChI is InChI=1S/C23H19F3N4O3S.ClH/c1-33-12-19-29-18-10-13(28-22(32)15-6-2-3-7-17(15)23(24,25)26)9-16(20(18)30-19)21(31)27-11-14-5-4-8-34-14;/h2-10H,11-12H2,1H3,(H,27,31)(H,28,32)(H,29,30);1H. The van der Waals surface area contributed by atoms with Crippen molar-refractivity contribution in [2.24, 2.45) is 0 Å². The quantitative estimate of drug-likeness (QED) is 0.302. The lowest BCUT2D eigenvalue weighted by molar-refractivity contribution is -0.137. The summed E-state index contributed by atoms with van der Waals surface area (Å²) < 4.78 is 45.1. The molecular formula is C23H20ClF3N4O3S. The van der Waals surface area contributed by atoms with Gasteiger partial charge in [-0.15, -0.1) is 23.7 Å². The first-order valence-corrected chi connectivity index (χ1v) is 10.9. The number of nitrogens with one attached hydrogen (secondary N) is 3. The highest BCUT2D eigenvalue weighted by Crippen LogP contribution is 2.32. The third kappa shape index (κ3) is 5.99. The highest BCUT2D eigenvalue weighted by Gasteiger charge is 2.35. The molecule has 0 saturated heterocycles. The van der Waals surface area contributed by atoms with Gasteiger partial charge in [-0.3, -0.25) is 9.59 Å². The molecule has 2 amide bonds. The Labute approximate surface area is 208 Å². The first-order valence-electron chi connectivity index (χ1n) is 10.1. The Morgan fingerprint density at radius 1 is 1.09 bits per heavy atom. The monoisotopic (exact) mass is 524 g/mol. The van der Waals surface area contributed by atoms with E-state index in [1.807, 2.05) is 17.5 Å². The molecule has 0 aliphatic rings. The topological polar surface area (TPSA) is 96.1 Å². The van der Waals surface area contributed by atoms with Crippen molar-refractivity contribution in [1.29, 1.82) is 0 Å². The molecule has 0 bridgehead atoms. The molecule has 0 atom stereocenters. The molecule has 0 spiro atoms. The number of methoxy groups -OCH3 is 1. The van der Waals surface area contributed by atoms with Crippen LogP contribution < -0.4 is 10.6 Å². The van der Waals surface area contributed by atoms with Crippen LogP contribution in [0.5, 0.6) is 0 Å². The summed E-state index contributed by atoms with van der Waals surface area (Å²) in [4.78, 5) is 34.0. The second kappa shape index (κ2) is 10.9.